The Kier molecular flexibility index (Phi) is 8.09. The SMILES string of the molecule is CCN(CC)C(N)=NCCc1cc(Cl)c2c(c1)OCCO2.I. The number of fused-ring (bicyclic) bond motifs is 1. The zero-order valence-electron chi connectivity index (χ0n) is 13.0. The van der Waals surface area contributed by atoms with Crippen LogP contribution in [0, 0.1) is 0 Å². The van der Waals surface area contributed by atoms with Crippen LogP contribution in [0.4, 0.5) is 0 Å². The average molecular weight is 440 g/mol. The van der Waals surface area contributed by atoms with Crippen molar-refractivity contribution < 1.29 is 9.47 Å². The van der Waals surface area contributed by atoms with Gasteiger partial charge in [-0.3, -0.25) is 4.99 Å². The minimum atomic E-state index is 0. The normalized spacial score (nSPS) is 13.5. The third-order valence-corrected chi connectivity index (χ3v) is 3.70. The van der Waals surface area contributed by atoms with Gasteiger partial charge in [0.1, 0.15) is 13.2 Å². The summed E-state index contributed by atoms with van der Waals surface area (Å²) in [5.41, 5.74) is 7.02. The summed E-state index contributed by atoms with van der Waals surface area (Å²) in [6, 6.07) is 3.86. The van der Waals surface area contributed by atoms with Crippen LogP contribution in [-0.2, 0) is 6.42 Å². The van der Waals surface area contributed by atoms with Crippen molar-refractivity contribution in [2.75, 3.05) is 32.8 Å². The van der Waals surface area contributed by atoms with Crippen LogP contribution in [-0.4, -0.2) is 43.7 Å². The summed E-state index contributed by atoms with van der Waals surface area (Å²) >= 11 is 6.21. The summed E-state index contributed by atoms with van der Waals surface area (Å²) in [4.78, 5) is 6.43. The molecule has 5 nitrogen and oxygen atoms in total. The highest BCUT2D eigenvalue weighted by atomic mass is 127. The Morgan fingerprint density at radius 2 is 1.95 bits per heavy atom. The van der Waals surface area contributed by atoms with E-state index in [0.717, 1.165) is 25.1 Å². The molecule has 0 aliphatic carbocycles. The monoisotopic (exact) mass is 439 g/mol. The third kappa shape index (κ3) is 4.81. The van der Waals surface area contributed by atoms with Crippen LogP contribution in [0.2, 0.25) is 5.02 Å². The lowest BCUT2D eigenvalue weighted by Crippen LogP contribution is -2.37. The van der Waals surface area contributed by atoms with Crippen LogP contribution >= 0.6 is 35.6 Å². The van der Waals surface area contributed by atoms with Crippen molar-refractivity contribution >= 4 is 41.5 Å². The standard InChI is InChI=1S/C15H22ClN3O2.HI/c1-3-19(4-2)15(17)18-6-5-11-9-12(16)14-13(10-11)20-7-8-21-14;/h9-10H,3-8H2,1-2H3,(H2,17,18);1H. The van der Waals surface area contributed by atoms with E-state index < -0.39 is 0 Å². The number of nitrogens with two attached hydrogens (primary N) is 1. The predicted octanol–water partition coefficient (Wildman–Crippen LogP) is 2.93. The summed E-state index contributed by atoms with van der Waals surface area (Å²) < 4.78 is 11.1. The second kappa shape index (κ2) is 9.29. The van der Waals surface area contributed by atoms with E-state index in [1.54, 1.807) is 0 Å². The molecule has 0 saturated heterocycles. The Balaban J connectivity index is 0.00000242. The molecule has 1 heterocycles. The molecule has 0 radical (unpaired) electrons. The van der Waals surface area contributed by atoms with E-state index in [4.69, 9.17) is 26.8 Å². The van der Waals surface area contributed by atoms with Gasteiger partial charge in [-0.15, -0.1) is 24.0 Å². The van der Waals surface area contributed by atoms with Gasteiger partial charge in [0.05, 0.1) is 5.02 Å². The van der Waals surface area contributed by atoms with Crippen molar-refractivity contribution in [1.82, 2.24) is 4.90 Å². The summed E-state index contributed by atoms with van der Waals surface area (Å²) in [6.45, 7) is 7.57. The fourth-order valence-corrected chi connectivity index (χ4v) is 2.54. The molecule has 124 valence electrons. The van der Waals surface area contributed by atoms with E-state index in [9.17, 15) is 0 Å². The smallest absolute Gasteiger partial charge is 0.191 e. The summed E-state index contributed by atoms with van der Waals surface area (Å²) in [7, 11) is 0. The number of guanidine groups is 1. The van der Waals surface area contributed by atoms with Crippen molar-refractivity contribution in [3.8, 4) is 11.5 Å². The molecule has 0 atom stereocenters. The van der Waals surface area contributed by atoms with Gasteiger partial charge in [-0.2, -0.15) is 0 Å². The third-order valence-electron chi connectivity index (χ3n) is 3.42. The highest BCUT2D eigenvalue weighted by Gasteiger charge is 2.16. The first-order valence-corrected chi connectivity index (χ1v) is 7.66. The first-order chi connectivity index (χ1) is 10.2. The molecule has 0 unspecified atom stereocenters. The molecule has 1 aromatic rings. The maximum atomic E-state index is 6.21. The first kappa shape index (κ1) is 19.2. The van der Waals surface area contributed by atoms with Gasteiger partial charge in [0, 0.05) is 19.6 Å². The van der Waals surface area contributed by atoms with Crippen LogP contribution in [0.3, 0.4) is 0 Å². The Morgan fingerprint density at radius 1 is 1.27 bits per heavy atom. The second-order valence-electron chi connectivity index (χ2n) is 4.76. The van der Waals surface area contributed by atoms with Gasteiger partial charge in [-0.1, -0.05) is 11.6 Å². The number of hydrogen-bond donors (Lipinski definition) is 1. The highest BCUT2D eigenvalue weighted by Crippen LogP contribution is 2.38. The van der Waals surface area contributed by atoms with E-state index in [1.165, 1.54) is 0 Å². The molecule has 2 rings (SSSR count). The quantitative estimate of drug-likeness (QED) is 0.435. The molecule has 1 aliphatic rings. The zero-order valence-corrected chi connectivity index (χ0v) is 16.1. The largest absolute Gasteiger partial charge is 0.486 e. The molecule has 0 aromatic heterocycles. The molecule has 22 heavy (non-hydrogen) atoms. The second-order valence-corrected chi connectivity index (χ2v) is 5.17. The zero-order chi connectivity index (χ0) is 15.2. The lowest BCUT2D eigenvalue weighted by molar-refractivity contribution is 0.171. The van der Waals surface area contributed by atoms with E-state index in [2.05, 4.69) is 18.8 Å². The molecule has 0 amide bonds. The molecule has 0 bridgehead atoms. The first-order valence-electron chi connectivity index (χ1n) is 7.28. The number of halogens is 2. The van der Waals surface area contributed by atoms with Gasteiger partial charge in [0.2, 0.25) is 0 Å². The Morgan fingerprint density at radius 3 is 2.64 bits per heavy atom. The lowest BCUT2D eigenvalue weighted by Gasteiger charge is -2.20. The molecule has 1 aromatic carbocycles. The molecule has 0 spiro atoms. The molecular formula is C15H23ClIN3O2. The molecular weight excluding hydrogens is 417 g/mol. The lowest BCUT2D eigenvalue weighted by atomic mass is 10.1. The molecule has 1 aliphatic heterocycles. The van der Waals surface area contributed by atoms with Crippen LogP contribution in [0.15, 0.2) is 17.1 Å². The Hall–Kier alpha value is -0.890. The number of benzene rings is 1. The van der Waals surface area contributed by atoms with E-state index in [0.29, 0.717) is 42.2 Å². The topological polar surface area (TPSA) is 60.1 Å². The number of rotatable bonds is 5. The minimum absolute atomic E-state index is 0. The van der Waals surface area contributed by atoms with Gasteiger partial charge in [-0.05, 0) is 38.0 Å². The van der Waals surface area contributed by atoms with Gasteiger partial charge < -0.3 is 20.1 Å². The molecule has 7 heteroatoms. The van der Waals surface area contributed by atoms with Crippen molar-refractivity contribution in [3.05, 3.63) is 22.7 Å². The van der Waals surface area contributed by atoms with Crippen LogP contribution in [0.1, 0.15) is 19.4 Å². The Labute approximate surface area is 153 Å². The summed E-state index contributed by atoms with van der Waals surface area (Å²) in [5, 5.41) is 0.586. The van der Waals surface area contributed by atoms with Gasteiger partial charge in [0.25, 0.3) is 0 Å². The highest BCUT2D eigenvalue weighted by molar-refractivity contribution is 14.0. The molecule has 2 N–H and O–H groups in total. The van der Waals surface area contributed by atoms with Crippen molar-refractivity contribution in [2.24, 2.45) is 10.7 Å². The van der Waals surface area contributed by atoms with Gasteiger partial charge in [0.15, 0.2) is 17.5 Å². The van der Waals surface area contributed by atoms with Crippen molar-refractivity contribution in [3.63, 3.8) is 0 Å². The fourth-order valence-electron chi connectivity index (χ4n) is 2.26. The number of hydrogen-bond acceptors (Lipinski definition) is 3. The fraction of sp³-hybridized carbons (Fsp3) is 0.533. The van der Waals surface area contributed by atoms with Crippen LogP contribution < -0.4 is 15.2 Å². The Bertz CT molecular complexity index is 522. The predicted molar refractivity (Wildman–Crippen MR) is 101 cm³/mol. The van der Waals surface area contributed by atoms with Crippen molar-refractivity contribution in [2.45, 2.75) is 20.3 Å². The summed E-state index contributed by atoms with van der Waals surface area (Å²) in [6.07, 6.45) is 0.762. The maximum Gasteiger partial charge on any atom is 0.191 e. The average Bonchev–Trinajstić information content (AvgIpc) is 2.48. The van der Waals surface area contributed by atoms with Gasteiger partial charge >= 0.3 is 0 Å². The number of nitrogens with zero attached hydrogens (tertiary/aromatic N) is 2. The van der Waals surface area contributed by atoms with Crippen LogP contribution in [0.25, 0.3) is 0 Å². The van der Waals surface area contributed by atoms with E-state index >= 15 is 0 Å². The minimum Gasteiger partial charge on any atom is -0.486 e. The molecule has 0 fully saturated rings. The summed E-state index contributed by atoms with van der Waals surface area (Å²) in [5.74, 6) is 1.94. The van der Waals surface area contributed by atoms with Crippen molar-refractivity contribution in [1.29, 1.82) is 0 Å². The van der Waals surface area contributed by atoms with E-state index in [1.807, 2.05) is 17.0 Å². The maximum absolute atomic E-state index is 6.21. The number of ether oxygens (including phenoxy) is 2. The van der Waals surface area contributed by atoms with E-state index in [-0.39, 0.29) is 24.0 Å². The number of aliphatic imine (C=N–C) groups is 1. The van der Waals surface area contributed by atoms with Crippen LogP contribution in [0.5, 0.6) is 11.5 Å². The van der Waals surface area contributed by atoms with Gasteiger partial charge in [-0.25, -0.2) is 0 Å². The molecule has 0 saturated carbocycles.